The molecule has 2 aromatic rings. The van der Waals surface area contributed by atoms with E-state index in [1.807, 2.05) is 0 Å². The topological polar surface area (TPSA) is 6.48 Å². The lowest BCUT2D eigenvalue weighted by atomic mass is 9.89. The molecule has 2 heterocycles. The van der Waals surface area contributed by atoms with Gasteiger partial charge in [-0.2, -0.15) is 0 Å². The first-order valence-corrected chi connectivity index (χ1v) is 12.7. The molecule has 0 spiro atoms. The third-order valence-corrected chi connectivity index (χ3v) is 8.40. The Labute approximate surface area is 200 Å². The van der Waals surface area contributed by atoms with Crippen molar-refractivity contribution in [3.05, 3.63) is 80.4 Å². The Balaban J connectivity index is 1.22. The molecule has 2 aliphatic heterocycles. The summed E-state index contributed by atoms with van der Waals surface area (Å²) in [6, 6.07) is 22.0. The lowest BCUT2D eigenvalue weighted by Gasteiger charge is -2.33. The average molecular weight is 535 g/mol. The molecule has 2 saturated heterocycles. The van der Waals surface area contributed by atoms with E-state index in [2.05, 4.69) is 93.1 Å². The van der Waals surface area contributed by atoms with E-state index in [1.165, 1.54) is 53.5 Å². The smallest absolute Gasteiger partial charge is 0.0427 e. The summed E-state index contributed by atoms with van der Waals surface area (Å²) < 4.78 is 1.32. The number of piperidine rings is 2. The van der Waals surface area contributed by atoms with Crippen LogP contribution >= 0.6 is 34.2 Å². The fraction of sp³-hybridized carbons (Fsp3) is 0.462. The van der Waals surface area contributed by atoms with Crippen LogP contribution in [0, 0.1) is 0 Å². The van der Waals surface area contributed by atoms with E-state index < -0.39 is 0 Å². The minimum Gasteiger partial charge on any atom is -0.299 e. The number of halogens is 2. The molecular weight excluding hydrogens is 503 g/mol. The van der Waals surface area contributed by atoms with Crippen LogP contribution in [0.2, 0.25) is 0 Å². The maximum Gasteiger partial charge on any atom is 0.0427 e. The molecule has 2 fully saturated rings. The number of rotatable bonds is 6. The first-order valence-electron chi connectivity index (χ1n) is 11.3. The summed E-state index contributed by atoms with van der Waals surface area (Å²) in [6.45, 7) is 6.52. The lowest BCUT2D eigenvalue weighted by Crippen LogP contribution is -2.35. The highest BCUT2D eigenvalue weighted by Gasteiger charge is 2.23. The van der Waals surface area contributed by atoms with Crippen molar-refractivity contribution in [3.8, 4) is 0 Å². The van der Waals surface area contributed by atoms with Gasteiger partial charge in [-0.1, -0.05) is 72.3 Å². The van der Waals surface area contributed by atoms with Crippen molar-refractivity contribution >= 4 is 34.2 Å². The summed E-state index contributed by atoms with van der Waals surface area (Å²) in [6.07, 6.45) is 4.96. The predicted molar refractivity (Wildman–Crippen MR) is 137 cm³/mol. The summed E-state index contributed by atoms with van der Waals surface area (Å²) in [7, 11) is 0. The highest BCUT2D eigenvalue weighted by Crippen LogP contribution is 2.31. The van der Waals surface area contributed by atoms with Gasteiger partial charge < -0.3 is 0 Å². The van der Waals surface area contributed by atoms with E-state index in [1.54, 1.807) is 0 Å². The van der Waals surface area contributed by atoms with E-state index in [9.17, 15) is 0 Å². The van der Waals surface area contributed by atoms with Crippen LogP contribution < -0.4 is 0 Å². The van der Waals surface area contributed by atoms with Gasteiger partial charge in [-0.05, 0) is 97.4 Å². The Morgan fingerprint density at radius 1 is 0.700 bits per heavy atom. The van der Waals surface area contributed by atoms with Crippen molar-refractivity contribution in [2.45, 2.75) is 37.5 Å². The molecule has 0 aliphatic carbocycles. The Kier molecular flexibility index (Phi) is 8.28. The van der Waals surface area contributed by atoms with Gasteiger partial charge >= 0.3 is 0 Å². The lowest BCUT2D eigenvalue weighted by molar-refractivity contribution is 0.225. The zero-order valence-electron chi connectivity index (χ0n) is 17.6. The molecule has 0 saturated carbocycles. The molecule has 0 amide bonds. The molecule has 2 aliphatic rings. The summed E-state index contributed by atoms with van der Waals surface area (Å²) in [5.41, 5.74) is 2.99. The maximum atomic E-state index is 6.77. The second-order valence-electron chi connectivity index (χ2n) is 8.73. The fourth-order valence-electron chi connectivity index (χ4n) is 4.86. The molecule has 0 N–H and O–H groups in total. The minimum absolute atomic E-state index is 0.704. The van der Waals surface area contributed by atoms with E-state index >= 15 is 0 Å². The number of benzene rings is 2. The normalized spacial score (nSPS) is 20.9. The Bertz CT molecular complexity index is 738. The maximum absolute atomic E-state index is 6.77. The van der Waals surface area contributed by atoms with E-state index in [-0.39, 0.29) is 0 Å². The van der Waals surface area contributed by atoms with Gasteiger partial charge in [0.2, 0.25) is 0 Å². The second-order valence-corrected chi connectivity index (χ2v) is 10.5. The first kappa shape index (κ1) is 22.3. The number of likely N-dealkylation sites (tertiary alicyclic amines) is 2. The van der Waals surface area contributed by atoms with Crippen LogP contribution in [0.1, 0.15) is 48.6 Å². The zero-order valence-corrected chi connectivity index (χ0v) is 20.6. The number of hydrogen-bond acceptors (Lipinski definition) is 2. The van der Waals surface area contributed by atoms with E-state index in [4.69, 9.17) is 11.6 Å². The van der Waals surface area contributed by atoms with Gasteiger partial charge in [0.15, 0.2) is 0 Å². The Morgan fingerprint density at radius 3 is 1.53 bits per heavy atom. The SMILES string of the molecule is Cl/C(CN1CCC(c2ccccc2)CC1)=C(/I)CN1CCC(c2ccccc2)CC1. The molecule has 0 unspecified atom stereocenters. The van der Waals surface area contributed by atoms with Crippen molar-refractivity contribution in [2.75, 3.05) is 39.3 Å². The molecule has 160 valence electrons. The van der Waals surface area contributed by atoms with Gasteiger partial charge in [0, 0.05) is 21.7 Å². The Morgan fingerprint density at radius 2 is 1.10 bits per heavy atom. The highest BCUT2D eigenvalue weighted by atomic mass is 127. The monoisotopic (exact) mass is 534 g/mol. The van der Waals surface area contributed by atoms with Crippen LogP contribution in [0.3, 0.4) is 0 Å². The molecule has 0 atom stereocenters. The summed E-state index contributed by atoms with van der Waals surface area (Å²) in [5.74, 6) is 1.42. The van der Waals surface area contributed by atoms with Crippen molar-refractivity contribution in [2.24, 2.45) is 0 Å². The van der Waals surface area contributed by atoms with Crippen LogP contribution in [-0.2, 0) is 0 Å². The fourth-order valence-corrected chi connectivity index (χ4v) is 5.75. The van der Waals surface area contributed by atoms with Gasteiger partial charge in [0.1, 0.15) is 0 Å². The summed E-state index contributed by atoms with van der Waals surface area (Å²) >= 11 is 9.24. The van der Waals surface area contributed by atoms with Crippen LogP contribution in [0.5, 0.6) is 0 Å². The Hall–Kier alpha value is -0.880. The van der Waals surface area contributed by atoms with Crippen LogP contribution in [0.25, 0.3) is 0 Å². The van der Waals surface area contributed by atoms with Gasteiger partial charge in [-0.15, -0.1) is 0 Å². The number of nitrogens with zero attached hydrogens (tertiary/aromatic N) is 2. The molecule has 2 aromatic carbocycles. The van der Waals surface area contributed by atoms with Gasteiger partial charge in [-0.25, -0.2) is 0 Å². The van der Waals surface area contributed by atoms with Crippen molar-refractivity contribution in [3.63, 3.8) is 0 Å². The molecule has 0 bridgehead atoms. The average Bonchev–Trinajstić information content (AvgIpc) is 2.81. The zero-order chi connectivity index (χ0) is 20.8. The molecular formula is C26H32ClIN2. The predicted octanol–water partition coefficient (Wildman–Crippen LogP) is 6.63. The molecule has 0 aromatic heterocycles. The molecule has 4 heteroatoms. The van der Waals surface area contributed by atoms with Gasteiger partial charge in [0.25, 0.3) is 0 Å². The largest absolute Gasteiger partial charge is 0.299 e. The molecule has 30 heavy (non-hydrogen) atoms. The van der Waals surface area contributed by atoms with Crippen molar-refractivity contribution in [1.82, 2.24) is 9.80 Å². The van der Waals surface area contributed by atoms with Crippen LogP contribution in [0.15, 0.2) is 69.3 Å². The molecule has 2 nitrogen and oxygen atoms in total. The number of hydrogen-bond donors (Lipinski definition) is 0. The van der Waals surface area contributed by atoms with Crippen molar-refractivity contribution in [1.29, 1.82) is 0 Å². The minimum atomic E-state index is 0.704. The van der Waals surface area contributed by atoms with Crippen LogP contribution in [-0.4, -0.2) is 49.1 Å². The second kappa shape index (κ2) is 11.1. The molecule has 0 radical (unpaired) electrons. The molecule has 4 rings (SSSR count). The quantitative estimate of drug-likeness (QED) is 0.384. The highest BCUT2D eigenvalue weighted by molar-refractivity contribution is 14.1. The van der Waals surface area contributed by atoms with Gasteiger partial charge in [0.05, 0.1) is 0 Å². The third-order valence-electron chi connectivity index (χ3n) is 6.74. The van der Waals surface area contributed by atoms with Gasteiger partial charge in [-0.3, -0.25) is 9.80 Å². The first-order chi connectivity index (χ1) is 14.7. The summed E-state index contributed by atoms with van der Waals surface area (Å²) in [5, 5.41) is 1.04. The third kappa shape index (κ3) is 6.09. The van der Waals surface area contributed by atoms with Crippen LogP contribution in [0.4, 0.5) is 0 Å². The van der Waals surface area contributed by atoms with Crippen molar-refractivity contribution < 1.29 is 0 Å². The van der Waals surface area contributed by atoms with E-state index in [0.29, 0.717) is 11.8 Å². The standard InChI is InChI=1S/C26H32ClIN2/c27-25(19-29-15-11-23(12-16-29)21-7-3-1-4-8-21)26(28)20-30-17-13-24(14-18-30)22-9-5-2-6-10-22/h1-10,23-24H,11-20H2/b26-25+. The summed E-state index contributed by atoms with van der Waals surface area (Å²) in [4.78, 5) is 5.10. The van der Waals surface area contributed by atoms with E-state index in [0.717, 1.165) is 31.2 Å².